The topological polar surface area (TPSA) is 55.8 Å². The molecular weight excluding hydrogens is 374 g/mol. The number of hydrogen-bond acceptors (Lipinski definition) is 3. The van der Waals surface area contributed by atoms with Crippen LogP contribution in [0.5, 0.6) is 0 Å². The lowest BCUT2D eigenvalue weighted by Gasteiger charge is -2.44. The number of carbonyl (C=O) groups is 1. The Labute approximate surface area is 178 Å². The Hall–Kier alpha value is -2.97. The van der Waals surface area contributed by atoms with Crippen molar-refractivity contribution < 1.29 is 9.90 Å². The molecule has 30 heavy (non-hydrogen) atoms. The van der Waals surface area contributed by atoms with E-state index in [0.717, 1.165) is 35.2 Å². The Balaban J connectivity index is 1.71. The van der Waals surface area contributed by atoms with Crippen LogP contribution < -0.4 is 10.2 Å². The van der Waals surface area contributed by atoms with Gasteiger partial charge in [-0.3, -0.25) is 0 Å². The van der Waals surface area contributed by atoms with Crippen LogP contribution in [0.3, 0.4) is 0 Å². The zero-order chi connectivity index (χ0) is 21.1. The molecule has 0 spiro atoms. The molecule has 2 aromatic rings. The first-order valence-corrected chi connectivity index (χ1v) is 10.7. The Morgan fingerprint density at radius 1 is 1.17 bits per heavy atom. The Morgan fingerprint density at radius 2 is 1.93 bits per heavy atom. The van der Waals surface area contributed by atoms with Crippen LogP contribution in [0.15, 0.2) is 48.5 Å². The summed E-state index contributed by atoms with van der Waals surface area (Å²) in [7, 11) is 2.03. The van der Waals surface area contributed by atoms with Crippen molar-refractivity contribution in [3.63, 3.8) is 0 Å². The number of likely N-dealkylation sites (N-methyl/N-ethyl adjacent to an activating group) is 1. The van der Waals surface area contributed by atoms with Crippen molar-refractivity contribution in [3.8, 4) is 11.8 Å². The molecule has 156 valence electrons. The average molecular weight is 404 g/mol. The highest BCUT2D eigenvalue weighted by atomic mass is 16.3. The highest BCUT2D eigenvalue weighted by Gasteiger charge is 2.47. The van der Waals surface area contributed by atoms with Crippen molar-refractivity contribution in [2.24, 2.45) is 5.92 Å². The van der Waals surface area contributed by atoms with Crippen molar-refractivity contribution in [2.75, 3.05) is 31.6 Å². The van der Waals surface area contributed by atoms with E-state index in [2.05, 4.69) is 41.1 Å². The second-order valence-electron chi connectivity index (χ2n) is 8.07. The fraction of sp³-hybridized carbons (Fsp3) is 0.400. The molecule has 2 N–H and O–H groups in total. The lowest BCUT2D eigenvalue weighted by Crippen LogP contribution is -2.49. The van der Waals surface area contributed by atoms with Crippen LogP contribution in [0.25, 0.3) is 0 Å². The summed E-state index contributed by atoms with van der Waals surface area (Å²) in [6, 6.07) is 16.1. The zero-order valence-electron chi connectivity index (χ0n) is 17.6. The number of nitrogens with zero attached hydrogens (tertiary/aromatic N) is 2. The fourth-order valence-corrected chi connectivity index (χ4v) is 4.76. The van der Waals surface area contributed by atoms with Crippen LogP contribution in [0.1, 0.15) is 42.5 Å². The molecule has 5 nitrogen and oxygen atoms in total. The number of likely N-dealkylation sites (tertiary alicyclic amines) is 1. The number of benzene rings is 2. The van der Waals surface area contributed by atoms with Gasteiger partial charge in [-0.25, -0.2) is 4.79 Å². The molecule has 0 unspecified atom stereocenters. The number of hydrogen-bond donors (Lipinski definition) is 2. The van der Waals surface area contributed by atoms with E-state index in [1.165, 1.54) is 0 Å². The van der Waals surface area contributed by atoms with E-state index in [0.29, 0.717) is 13.1 Å². The largest absolute Gasteiger partial charge is 0.394 e. The molecule has 0 aromatic heterocycles. The van der Waals surface area contributed by atoms with Gasteiger partial charge in [-0.1, -0.05) is 37.0 Å². The number of amides is 2. The molecule has 0 saturated carbocycles. The van der Waals surface area contributed by atoms with Crippen LogP contribution in [0, 0.1) is 17.8 Å². The number of fused-ring (bicyclic) bond motifs is 3. The molecule has 2 aromatic carbocycles. The van der Waals surface area contributed by atoms with Gasteiger partial charge in [0.05, 0.1) is 18.7 Å². The number of carbonyl (C=O) groups excluding carboxylic acids is 1. The minimum atomic E-state index is -0.0383. The molecule has 3 atom stereocenters. The minimum absolute atomic E-state index is 0.00716. The van der Waals surface area contributed by atoms with Gasteiger partial charge in [0, 0.05) is 42.9 Å². The molecule has 2 aliphatic rings. The van der Waals surface area contributed by atoms with Gasteiger partial charge >= 0.3 is 6.03 Å². The molecule has 0 radical (unpaired) electrons. The smallest absolute Gasteiger partial charge is 0.317 e. The Kier molecular flexibility index (Phi) is 5.96. The maximum atomic E-state index is 12.9. The van der Waals surface area contributed by atoms with Gasteiger partial charge in [0.1, 0.15) is 0 Å². The summed E-state index contributed by atoms with van der Waals surface area (Å²) in [6.45, 7) is 3.51. The molecule has 2 amide bonds. The van der Waals surface area contributed by atoms with Gasteiger partial charge in [-0.2, -0.15) is 0 Å². The lowest BCUT2D eigenvalue weighted by atomic mass is 9.81. The molecule has 1 saturated heterocycles. The van der Waals surface area contributed by atoms with Gasteiger partial charge in [0.25, 0.3) is 0 Å². The number of urea groups is 1. The van der Waals surface area contributed by atoms with E-state index in [1.807, 2.05) is 48.3 Å². The second-order valence-corrected chi connectivity index (χ2v) is 8.07. The molecular formula is C25H29N3O2. The van der Waals surface area contributed by atoms with E-state index in [-0.39, 0.29) is 30.6 Å². The number of rotatable bonds is 3. The molecule has 0 aliphatic carbocycles. The normalized spacial score (nSPS) is 22.0. The van der Waals surface area contributed by atoms with Crippen LogP contribution in [-0.2, 0) is 0 Å². The Bertz CT molecular complexity index is 963. The van der Waals surface area contributed by atoms with E-state index in [4.69, 9.17) is 0 Å². The first-order valence-electron chi connectivity index (χ1n) is 10.7. The standard InChI is InChI=1S/C25H29N3O2/c1-3-14-26-25(30)28-15-13-20-23(17-29)27(2)22-12-11-19(16-21(22)24(20)28)10-9-18-7-5-4-6-8-18/h4-8,11-12,16,20,23-24,29H,3,13-15,17H2,1-2H3,(H,26,30)/t20-,23+,24-/m1/s1. The van der Waals surface area contributed by atoms with Gasteiger partial charge in [0.15, 0.2) is 0 Å². The predicted octanol–water partition coefficient (Wildman–Crippen LogP) is 3.38. The number of anilines is 1. The van der Waals surface area contributed by atoms with E-state index >= 15 is 0 Å². The predicted molar refractivity (Wildman–Crippen MR) is 119 cm³/mol. The molecule has 1 fully saturated rings. The van der Waals surface area contributed by atoms with Crippen LogP contribution in [0.4, 0.5) is 10.5 Å². The first-order chi connectivity index (χ1) is 14.6. The quantitative estimate of drug-likeness (QED) is 0.773. The van der Waals surface area contributed by atoms with E-state index in [1.54, 1.807) is 0 Å². The third-order valence-electron chi connectivity index (χ3n) is 6.26. The summed E-state index contributed by atoms with van der Waals surface area (Å²) in [5.74, 6) is 6.70. The summed E-state index contributed by atoms with van der Waals surface area (Å²) in [5.41, 5.74) is 4.10. The van der Waals surface area contributed by atoms with Gasteiger partial charge in [0.2, 0.25) is 0 Å². The van der Waals surface area contributed by atoms with Gasteiger partial charge < -0.3 is 20.2 Å². The lowest BCUT2D eigenvalue weighted by molar-refractivity contribution is 0.161. The van der Waals surface area contributed by atoms with Crippen LogP contribution >= 0.6 is 0 Å². The van der Waals surface area contributed by atoms with E-state index in [9.17, 15) is 9.90 Å². The maximum absolute atomic E-state index is 12.9. The number of nitrogens with one attached hydrogen (secondary N) is 1. The van der Waals surface area contributed by atoms with Gasteiger partial charge in [-0.15, -0.1) is 0 Å². The first kappa shape index (κ1) is 20.3. The molecule has 5 heteroatoms. The van der Waals surface area contributed by atoms with Crippen molar-refractivity contribution >= 4 is 11.7 Å². The van der Waals surface area contributed by atoms with E-state index < -0.39 is 0 Å². The monoisotopic (exact) mass is 403 g/mol. The highest BCUT2D eigenvalue weighted by molar-refractivity contribution is 5.76. The van der Waals surface area contributed by atoms with Crippen LogP contribution in [-0.4, -0.2) is 48.8 Å². The SMILES string of the molecule is CCCNC(=O)N1CC[C@H]2[C@@H]1c1cc(C#Cc3ccccc3)ccc1N(C)[C@H]2CO. The average Bonchev–Trinajstić information content (AvgIpc) is 3.22. The molecule has 0 bridgehead atoms. The van der Waals surface area contributed by atoms with Crippen LogP contribution in [0.2, 0.25) is 0 Å². The van der Waals surface area contributed by atoms with Crippen molar-refractivity contribution in [1.82, 2.24) is 10.2 Å². The maximum Gasteiger partial charge on any atom is 0.317 e. The van der Waals surface area contributed by atoms with Gasteiger partial charge in [-0.05, 0) is 48.7 Å². The summed E-state index contributed by atoms with van der Waals surface area (Å²) >= 11 is 0. The van der Waals surface area contributed by atoms with Crippen molar-refractivity contribution in [3.05, 3.63) is 65.2 Å². The zero-order valence-corrected chi connectivity index (χ0v) is 17.6. The summed E-state index contributed by atoms with van der Waals surface area (Å²) in [6.07, 6.45) is 1.80. The third-order valence-corrected chi connectivity index (χ3v) is 6.26. The Morgan fingerprint density at radius 3 is 2.67 bits per heavy atom. The minimum Gasteiger partial charge on any atom is -0.394 e. The molecule has 2 aliphatic heterocycles. The second kappa shape index (κ2) is 8.81. The molecule has 4 rings (SSSR count). The summed E-state index contributed by atoms with van der Waals surface area (Å²) < 4.78 is 0. The summed E-state index contributed by atoms with van der Waals surface area (Å²) in [5, 5.41) is 13.1. The summed E-state index contributed by atoms with van der Waals surface area (Å²) in [4.78, 5) is 17.0. The van der Waals surface area contributed by atoms with Crippen molar-refractivity contribution in [2.45, 2.75) is 31.8 Å². The number of aliphatic hydroxyl groups excluding tert-OH is 1. The van der Waals surface area contributed by atoms with Crippen molar-refractivity contribution in [1.29, 1.82) is 0 Å². The number of aliphatic hydroxyl groups is 1. The fourth-order valence-electron chi connectivity index (χ4n) is 4.76. The highest BCUT2D eigenvalue weighted by Crippen LogP contribution is 2.48. The molecule has 2 heterocycles. The third kappa shape index (κ3) is 3.76.